The monoisotopic (exact) mass is 541 g/mol. The number of anilines is 2. The lowest BCUT2D eigenvalue weighted by Crippen LogP contribution is -2.42. The van der Waals surface area contributed by atoms with Crippen LogP contribution in [0.25, 0.3) is 11.0 Å². The summed E-state index contributed by atoms with van der Waals surface area (Å²) in [4.78, 5) is 38.6. The van der Waals surface area contributed by atoms with E-state index < -0.39 is 13.5 Å². The lowest BCUT2D eigenvalue weighted by molar-refractivity contribution is -0.680. The Bertz CT molecular complexity index is 1300. The number of fused-ring (bicyclic) bond motifs is 1. The molecule has 0 spiro atoms. The van der Waals surface area contributed by atoms with Gasteiger partial charge in [-0.15, -0.1) is 0 Å². The smallest absolute Gasteiger partial charge is 0.325 e. The molecule has 0 fully saturated rings. The SMILES string of the molecule is CCn1c(CNC(=O)c2nc(Cl)c(N)nc2N)[n+](CCCN)c2ccc(OCCCP(=O)(O)O)cc21. The van der Waals surface area contributed by atoms with Gasteiger partial charge in [-0.25, -0.2) is 19.1 Å². The molecule has 9 N–H and O–H groups in total. The van der Waals surface area contributed by atoms with Crippen LogP contribution in [0.4, 0.5) is 11.6 Å². The van der Waals surface area contributed by atoms with Crippen LogP contribution in [0.3, 0.4) is 0 Å². The van der Waals surface area contributed by atoms with E-state index in [1.54, 1.807) is 6.07 Å². The first kappa shape index (κ1) is 27.6. The van der Waals surface area contributed by atoms with Crippen LogP contribution in [0, 0.1) is 0 Å². The molecule has 1 aromatic carbocycles. The van der Waals surface area contributed by atoms with Gasteiger partial charge >= 0.3 is 7.60 Å². The van der Waals surface area contributed by atoms with E-state index in [-0.39, 0.29) is 48.2 Å². The second-order valence-electron chi connectivity index (χ2n) is 8.01. The molecule has 2 aromatic heterocycles. The van der Waals surface area contributed by atoms with E-state index in [0.29, 0.717) is 25.4 Å². The van der Waals surface area contributed by atoms with Gasteiger partial charge in [0, 0.05) is 6.07 Å². The number of amides is 1. The standard InChI is InChI=1S/C21H30ClN8O5P/c1-2-29-15-11-13(35-9-4-10-36(32,33)34)5-6-14(15)30(8-3-7-23)16(29)12-26-21(31)17-19(24)28-20(25)18(22)27-17/h5-6,11H,2-4,7-10,12,23H2,1H3,(H6-,24,25,26,28,31,32,33,34)/p+1. The number of nitrogens with zero attached hydrogens (tertiary/aromatic N) is 4. The van der Waals surface area contributed by atoms with Gasteiger partial charge in [-0.2, -0.15) is 0 Å². The maximum atomic E-state index is 12.8. The highest BCUT2D eigenvalue weighted by Gasteiger charge is 2.26. The average Bonchev–Trinajstić information content (AvgIpc) is 3.12. The van der Waals surface area contributed by atoms with E-state index in [1.807, 2.05) is 23.6 Å². The predicted octanol–water partition coefficient (Wildman–Crippen LogP) is 0.782. The van der Waals surface area contributed by atoms with Gasteiger partial charge in [0.25, 0.3) is 11.7 Å². The minimum atomic E-state index is -4.06. The molecule has 0 aliphatic heterocycles. The largest absolute Gasteiger partial charge is 0.493 e. The number of carbonyl (C=O) groups is 1. The van der Waals surface area contributed by atoms with Gasteiger partial charge in [-0.05, 0) is 38.4 Å². The number of nitrogens with one attached hydrogen (secondary N) is 1. The van der Waals surface area contributed by atoms with E-state index in [1.165, 1.54) is 0 Å². The molecule has 13 nitrogen and oxygen atoms in total. The first-order valence-electron chi connectivity index (χ1n) is 11.3. The molecule has 0 saturated heterocycles. The van der Waals surface area contributed by atoms with Crippen molar-refractivity contribution >= 4 is 47.8 Å². The second kappa shape index (κ2) is 11.8. The van der Waals surface area contributed by atoms with Gasteiger partial charge in [0.15, 0.2) is 33.5 Å². The number of hydrogen-bond donors (Lipinski definition) is 6. The molecular formula is C21H31ClN8O5P+. The summed E-state index contributed by atoms with van der Waals surface area (Å²) in [5, 5.41) is 2.72. The number of carbonyl (C=O) groups excluding carboxylic acids is 1. The predicted molar refractivity (Wildman–Crippen MR) is 136 cm³/mol. The third-order valence-electron chi connectivity index (χ3n) is 5.44. The van der Waals surface area contributed by atoms with Crippen molar-refractivity contribution in [1.29, 1.82) is 0 Å². The van der Waals surface area contributed by atoms with Crippen molar-refractivity contribution < 1.29 is 28.5 Å². The molecule has 0 saturated carbocycles. The van der Waals surface area contributed by atoms with Crippen LogP contribution in [0.2, 0.25) is 5.15 Å². The van der Waals surface area contributed by atoms with E-state index in [9.17, 15) is 9.36 Å². The lowest BCUT2D eigenvalue weighted by atomic mass is 10.3. The summed E-state index contributed by atoms with van der Waals surface area (Å²) in [7, 11) is -4.06. The van der Waals surface area contributed by atoms with Gasteiger partial charge in [0.2, 0.25) is 0 Å². The fourth-order valence-electron chi connectivity index (χ4n) is 3.82. The topological polar surface area (TPSA) is 209 Å². The van der Waals surface area contributed by atoms with Gasteiger partial charge in [0.1, 0.15) is 12.3 Å². The third kappa shape index (κ3) is 6.62. The van der Waals surface area contributed by atoms with Gasteiger partial charge < -0.3 is 37.0 Å². The summed E-state index contributed by atoms with van der Waals surface area (Å²) in [5.41, 5.74) is 18.8. The van der Waals surface area contributed by atoms with Crippen LogP contribution in [0.5, 0.6) is 5.75 Å². The zero-order valence-corrected chi connectivity index (χ0v) is 21.5. The molecule has 36 heavy (non-hydrogen) atoms. The van der Waals surface area contributed by atoms with E-state index in [0.717, 1.165) is 23.3 Å². The van der Waals surface area contributed by atoms with Crippen molar-refractivity contribution in [2.75, 3.05) is 30.8 Å². The molecule has 2 heterocycles. The number of halogens is 1. The molecule has 0 unspecified atom stereocenters. The number of aryl methyl sites for hydroxylation is 2. The Morgan fingerprint density at radius 3 is 2.67 bits per heavy atom. The van der Waals surface area contributed by atoms with E-state index in [4.69, 9.17) is 43.3 Å². The average molecular weight is 542 g/mol. The number of rotatable bonds is 12. The highest BCUT2D eigenvalue weighted by molar-refractivity contribution is 7.51. The fraction of sp³-hybridized carbons (Fsp3) is 0.429. The maximum absolute atomic E-state index is 12.8. The van der Waals surface area contributed by atoms with Gasteiger partial charge in [-0.3, -0.25) is 9.36 Å². The molecular weight excluding hydrogens is 511 g/mol. The highest BCUT2D eigenvalue weighted by Crippen LogP contribution is 2.34. The Morgan fingerprint density at radius 1 is 1.25 bits per heavy atom. The van der Waals surface area contributed by atoms with Crippen LogP contribution in [0.15, 0.2) is 18.2 Å². The zero-order valence-electron chi connectivity index (χ0n) is 19.9. The molecule has 0 atom stereocenters. The van der Waals surface area contributed by atoms with Gasteiger partial charge in [0.05, 0.1) is 25.9 Å². The Labute approximate surface area is 212 Å². The summed E-state index contributed by atoms with van der Waals surface area (Å²) in [6.45, 7) is 4.04. The Morgan fingerprint density at radius 2 is 2.00 bits per heavy atom. The molecule has 0 aliphatic rings. The second-order valence-corrected chi connectivity index (χ2v) is 10.1. The minimum Gasteiger partial charge on any atom is -0.493 e. The van der Waals surface area contributed by atoms with Crippen LogP contribution in [0.1, 0.15) is 36.1 Å². The van der Waals surface area contributed by atoms with Crippen molar-refractivity contribution in [1.82, 2.24) is 19.9 Å². The van der Waals surface area contributed by atoms with Crippen molar-refractivity contribution in [2.45, 2.75) is 39.4 Å². The van der Waals surface area contributed by atoms with Gasteiger partial charge in [-0.1, -0.05) is 11.6 Å². The molecule has 1 amide bonds. The zero-order chi connectivity index (χ0) is 26.5. The van der Waals surface area contributed by atoms with E-state index in [2.05, 4.69) is 19.9 Å². The molecule has 0 aliphatic carbocycles. The normalized spacial score (nSPS) is 11.7. The summed E-state index contributed by atoms with van der Waals surface area (Å²) in [6.07, 6.45) is 0.713. The summed E-state index contributed by atoms with van der Waals surface area (Å²) in [5.74, 6) is 0.662. The van der Waals surface area contributed by atoms with Crippen molar-refractivity contribution in [2.24, 2.45) is 5.73 Å². The highest BCUT2D eigenvalue weighted by atomic mass is 35.5. The third-order valence-corrected chi connectivity index (χ3v) is 6.62. The molecule has 0 bridgehead atoms. The molecule has 196 valence electrons. The number of hydrogen-bond acceptors (Lipinski definition) is 8. The number of aromatic nitrogens is 4. The number of ether oxygens (including phenoxy) is 1. The lowest BCUT2D eigenvalue weighted by Gasteiger charge is -2.08. The molecule has 15 heteroatoms. The summed E-state index contributed by atoms with van der Waals surface area (Å²) < 4.78 is 20.9. The van der Waals surface area contributed by atoms with Crippen molar-refractivity contribution in [3.63, 3.8) is 0 Å². The van der Waals surface area contributed by atoms with Crippen molar-refractivity contribution in [3.05, 3.63) is 34.9 Å². The minimum absolute atomic E-state index is 0.0591. The Balaban J connectivity index is 1.88. The van der Waals surface area contributed by atoms with Crippen molar-refractivity contribution in [3.8, 4) is 5.75 Å². The van der Waals surface area contributed by atoms with Crippen LogP contribution in [-0.4, -0.2) is 49.5 Å². The number of imidazole rings is 1. The fourth-order valence-corrected chi connectivity index (χ4v) is 4.48. The van der Waals surface area contributed by atoms with Crippen LogP contribution >= 0.6 is 19.2 Å². The number of nitrogens with two attached hydrogens (primary N) is 3. The Kier molecular flexibility index (Phi) is 9.09. The number of nitrogen functional groups attached to an aromatic ring is 2. The summed E-state index contributed by atoms with van der Waals surface area (Å²) in [6, 6.07) is 5.57. The van der Waals surface area contributed by atoms with Crippen LogP contribution < -0.4 is 31.8 Å². The Hall–Kier alpha value is -2.96. The van der Waals surface area contributed by atoms with E-state index >= 15 is 0 Å². The summed E-state index contributed by atoms with van der Waals surface area (Å²) >= 11 is 5.91. The quantitative estimate of drug-likeness (QED) is 0.108. The molecule has 3 rings (SSSR count). The number of benzene rings is 1. The maximum Gasteiger partial charge on any atom is 0.325 e. The van der Waals surface area contributed by atoms with Crippen LogP contribution in [-0.2, 0) is 24.2 Å². The molecule has 3 aromatic rings. The molecule has 0 radical (unpaired) electrons. The first-order valence-corrected chi connectivity index (χ1v) is 13.5. The first-order chi connectivity index (χ1) is 17.1.